The summed E-state index contributed by atoms with van der Waals surface area (Å²) in [7, 11) is -11.1. The van der Waals surface area contributed by atoms with Gasteiger partial charge in [0.25, 0.3) is 25.8 Å². The third kappa shape index (κ3) is 13.8. The summed E-state index contributed by atoms with van der Waals surface area (Å²) in [5.74, 6) is -1.34. The minimum Gasteiger partial charge on any atom is -0.465 e. The molecule has 0 radical (unpaired) electrons. The van der Waals surface area contributed by atoms with Crippen molar-refractivity contribution in [3.63, 3.8) is 0 Å². The van der Waals surface area contributed by atoms with Gasteiger partial charge in [-0.2, -0.15) is 13.2 Å². The van der Waals surface area contributed by atoms with Crippen molar-refractivity contribution in [2.24, 2.45) is 5.92 Å². The number of hydrogen-bond donors (Lipinski definition) is 5. The second-order valence-electron chi connectivity index (χ2n) is 16.9. The van der Waals surface area contributed by atoms with Crippen LogP contribution in [0.5, 0.6) is 0 Å². The van der Waals surface area contributed by atoms with E-state index in [9.17, 15) is 44.4 Å². The molecule has 3 amide bonds. The second kappa shape index (κ2) is 23.6. The van der Waals surface area contributed by atoms with Crippen LogP contribution in [0.1, 0.15) is 41.2 Å². The van der Waals surface area contributed by atoms with E-state index in [1.807, 2.05) is 77.5 Å². The first-order chi connectivity index (χ1) is 33.9. The Balaban J connectivity index is 1.12. The Kier molecular flexibility index (Phi) is 17.6. The van der Waals surface area contributed by atoms with Crippen LogP contribution >= 0.6 is 23.4 Å². The van der Waals surface area contributed by atoms with Crippen LogP contribution in [0.25, 0.3) is 11.1 Å². The number of carboxylic acid groups (broad SMARTS) is 1. The van der Waals surface area contributed by atoms with Gasteiger partial charge in [-0.1, -0.05) is 72.3 Å². The van der Waals surface area contributed by atoms with Crippen LogP contribution in [0.4, 0.5) is 29.3 Å². The number of piperidine rings is 1. The summed E-state index contributed by atoms with van der Waals surface area (Å²) in [6, 6.07) is 31.8. The zero-order valence-electron chi connectivity index (χ0n) is 38.1. The molecule has 0 aromatic heterocycles. The maximum absolute atomic E-state index is 14.3. The van der Waals surface area contributed by atoms with Crippen LogP contribution in [0, 0.1) is 5.92 Å². The second-order valence-corrected chi connectivity index (χ2v) is 22.0. The van der Waals surface area contributed by atoms with Gasteiger partial charge in [0.1, 0.15) is 4.90 Å². The third-order valence-corrected chi connectivity index (χ3v) is 16.5. The van der Waals surface area contributed by atoms with E-state index in [2.05, 4.69) is 25.8 Å². The van der Waals surface area contributed by atoms with E-state index in [1.165, 1.54) is 23.9 Å². The van der Waals surface area contributed by atoms with E-state index in [-0.39, 0.29) is 24.1 Å². The zero-order chi connectivity index (χ0) is 50.8. The van der Waals surface area contributed by atoms with Crippen LogP contribution in [-0.4, -0.2) is 115 Å². The molecule has 3 atom stereocenters. The molecule has 2 heterocycles. The number of thioether (sulfide) groups is 1. The van der Waals surface area contributed by atoms with Gasteiger partial charge in [-0.05, 0) is 97.0 Å². The van der Waals surface area contributed by atoms with Crippen molar-refractivity contribution < 1.29 is 54.2 Å². The van der Waals surface area contributed by atoms with Gasteiger partial charge in [-0.15, -0.1) is 11.8 Å². The van der Waals surface area contributed by atoms with Crippen molar-refractivity contribution in [1.82, 2.24) is 20.3 Å². The SMILES string of the molecule is O=C(O)NCC(=O)NC[C@@H]1CCN(c2ccc(C(=O)NS(=O)(=O)c3ccc(N[C@H](CCN4CCOCC4)CSc4ccccc4)c(S(=O)(=O)C(F)(F)F)c3)cc2)[C@@H](c2c(Cl)cccc2-c2ccccc2)C1. The average molecular weight is 1060 g/mol. The Morgan fingerprint density at radius 2 is 1.54 bits per heavy atom. The number of sulfonamides is 1. The van der Waals surface area contributed by atoms with Crippen molar-refractivity contribution in [3.05, 3.63) is 137 Å². The molecule has 0 spiro atoms. The molecular formula is C49H52ClF3N6O9S3. The minimum absolute atomic E-state index is 0.0582. The molecule has 5 aromatic carbocycles. The summed E-state index contributed by atoms with van der Waals surface area (Å²) in [6.45, 7) is 3.18. The van der Waals surface area contributed by atoms with Crippen molar-refractivity contribution in [3.8, 4) is 11.1 Å². The molecule has 2 aliphatic rings. The number of rotatable bonds is 19. The lowest BCUT2D eigenvalue weighted by Gasteiger charge is -2.42. The van der Waals surface area contributed by atoms with E-state index in [1.54, 1.807) is 18.2 Å². The quantitative estimate of drug-likeness (QED) is 0.0498. The van der Waals surface area contributed by atoms with Crippen LogP contribution < -0.4 is 25.6 Å². The molecular weight excluding hydrogens is 1010 g/mol. The molecule has 2 aliphatic heterocycles. The number of amides is 3. The van der Waals surface area contributed by atoms with Gasteiger partial charge >= 0.3 is 11.6 Å². The number of ether oxygens (including phenoxy) is 1. The largest absolute Gasteiger partial charge is 0.501 e. The first-order valence-electron chi connectivity index (χ1n) is 22.6. The molecule has 2 fully saturated rings. The Hall–Kier alpha value is -5.84. The lowest BCUT2D eigenvalue weighted by Crippen LogP contribution is -2.43. The molecule has 2 saturated heterocycles. The van der Waals surface area contributed by atoms with Gasteiger partial charge in [0.2, 0.25) is 5.91 Å². The molecule has 5 aromatic rings. The average Bonchev–Trinajstić information content (AvgIpc) is 3.36. The summed E-state index contributed by atoms with van der Waals surface area (Å²) < 4.78 is 104. The molecule has 378 valence electrons. The lowest BCUT2D eigenvalue weighted by molar-refractivity contribution is -0.120. The molecule has 7 rings (SSSR count). The smallest absolute Gasteiger partial charge is 0.465 e. The molecule has 0 bridgehead atoms. The Labute approximate surface area is 419 Å². The van der Waals surface area contributed by atoms with E-state index >= 15 is 0 Å². The third-order valence-electron chi connectivity index (χ3n) is 12.2. The molecule has 15 nitrogen and oxygen atoms in total. The summed E-state index contributed by atoms with van der Waals surface area (Å²) in [6.07, 6.45) is 0.174. The van der Waals surface area contributed by atoms with Gasteiger partial charge in [-0.25, -0.2) is 26.4 Å². The molecule has 22 heteroatoms. The fourth-order valence-corrected chi connectivity index (χ4v) is 11.8. The maximum Gasteiger partial charge on any atom is 0.501 e. The highest BCUT2D eigenvalue weighted by Crippen LogP contribution is 2.44. The van der Waals surface area contributed by atoms with E-state index < -0.39 is 71.3 Å². The summed E-state index contributed by atoms with van der Waals surface area (Å²) in [5.41, 5.74) is -3.15. The summed E-state index contributed by atoms with van der Waals surface area (Å²) in [4.78, 5) is 39.9. The number of nitrogens with zero attached hydrogens (tertiary/aromatic N) is 2. The van der Waals surface area contributed by atoms with Gasteiger partial charge in [-0.3, -0.25) is 14.5 Å². The normalized spacial score (nSPS) is 17.2. The zero-order valence-corrected chi connectivity index (χ0v) is 41.3. The monoisotopic (exact) mass is 1060 g/mol. The molecule has 71 heavy (non-hydrogen) atoms. The molecule has 0 unspecified atom stereocenters. The Bertz CT molecular complexity index is 2880. The predicted molar refractivity (Wildman–Crippen MR) is 266 cm³/mol. The molecule has 5 N–H and O–H groups in total. The van der Waals surface area contributed by atoms with E-state index in [4.69, 9.17) is 21.4 Å². The maximum atomic E-state index is 14.3. The molecule has 0 aliphatic carbocycles. The highest BCUT2D eigenvalue weighted by Gasteiger charge is 2.48. The van der Waals surface area contributed by atoms with Crippen molar-refractivity contribution in [2.45, 2.75) is 51.5 Å². The fraction of sp³-hybridized carbons (Fsp3) is 0.327. The number of halogens is 4. The number of hydrogen-bond acceptors (Lipinski definition) is 12. The van der Waals surface area contributed by atoms with Gasteiger partial charge in [0.15, 0.2) is 0 Å². The van der Waals surface area contributed by atoms with Crippen LogP contribution in [-0.2, 0) is 29.4 Å². The van der Waals surface area contributed by atoms with Crippen LogP contribution in [0.15, 0.2) is 136 Å². The van der Waals surface area contributed by atoms with Crippen LogP contribution in [0.3, 0.4) is 0 Å². The predicted octanol–water partition coefficient (Wildman–Crippen LogP) is 8.06. The molecule has 0 saturated carbocycles. The first-order valence-corrected chi connectivity index (χ1v) is 26.9. The number of benzene rings is 5. The van der Waals surface area contributed by atoms with Gasteiger partial charge in [0, 0.05) is 71.3 Å². The highest BCUT2D eigenvalue weighted by atomic mass is 35.5. The number of anilines is 2. The lowest BCUT2D eigenvalue weighted by atomic mass is 9.83. The summed E-state index contributed by atoms with van der Waals surface area (Å²) >= 11 is 8.40. The number of sulfone groups is 1. The highest BCUT2D eigenvalue weighted by molar-refractivity contribution is 7.99. The number of nitrogens with one attached hydrogen (secondary N) is 4. The Morgan fingerprint density at radius 3 is 2.21 bits per heavy atom. The number of alkyl halides is 3. The standard InChI is InChI=1S/C49H52ClF3N6O9S3/c50-41-13-7-12-40(34-8-3-1-4-9-34)46(41)43-28-33(30-54-45(60)31-55-48(62)63)20-23-59(43)37-16-14-35(15-17-37)47(61)57-71(66,67)39-18-19-42(44(29-39)70(64,65)49(51,52)53)56-36(21-22-58-24-26-68-27-25-58)32-69-38-10-5-2-6-11-38/h1-19,29,33,36,43,55-56H,20-28,30-32H2,(H,54,60)(H,57,61)(H,62,63)/t33-,36-,43-/m1/s1. The van der Waals surface area contributed by atoms with Gasteiger partial charge in [0.05, 0.1) is 36.4 Å². The van der Waals surface area contributed by atoms with Crippen LogP contribution in [0.2, 0.25) is 5.02 Å². The minimum atomic E-state index is -6.12. The first kappa shape index (κ1) is 53.0. The van der Waals surface area contributed by atoms with Crippen molar-refractivity contribution in [1.29, 1.82) is 0 Å². The topological polar surface area (TPSA) is 204 Å². The van der Waals surface area contributed by atoms with Gasteiger partial charge < -0.3 is 30.7 Å². The van der Waals surface area contributed by atoms with Crippen molar-refractivity contribution >= 4 is 72.5 Å². The number of carbonyl (C=O) groups excluding carboxylic acids is 2. The number of morpholine rings is 1. The Morgan fingerprint density at radius 1 is 0.845 bits per heavy atom. The van der Waals surface area contributed by atoms with E-state index in [0.717, 1.165) is 33.7 Å². The summed E-state index contributed by atoms with van der Waals surface area (Å²) in [5, 5.41) is 17.2. The van der Waals surface area contributed by atoms with Crippen molar-refractivity contribution in [2.75, 3.05) is 68.5 Å². The number of carbonyl (C=O) groups is 3. The van der Waals surface area contributed by atoms with E-state index in [0.29, 0.717) is 81.2 Å². The fourth-order valence-electron chi connectivity index (χ4n) is 8.50.